The Bertz CT molecular complexity index is 367. The Labute approximate surface area is 106 Å². The Morgan fingerprint density at radius 3 is 2.53 bits per heavy atom. The van der Waals surface area contributed by atoms with Crippen LogP contribution in [0.5, 0.6) is 0 Å². The molecule has 0 N–H and O–H groups in total. The maximum atomic E-state index is 12.9. The molecule has 1 aromatic rings. The van der Waals surface area contributed by atoms with Crippen molar-refractivity contribution in [1.29, 1.82) is 0 Å². The van der Waals surface area contributed by atoms with Gasteiger partial charge < -0.3 is 4.90 Å². The molecule has 0 bridgehead atoms. The van der Waals surface area contributed by atoms with Gasteiger partial charge in [-0.25, -0.2) is 4.39 Å². The fourth-order valence-electron chi connectivity index (χ4n) is 1.39. The third kappa shape index (κ3) is 5.04. The van der Waals surface area contributed by atoms with Crippen molar-refractivity contribution >= 4 is 15.9 Å². The molecule has 0 aromatic heterocycles. The van der Waals surface area contributed by atoms with Crippen LogP contribution in [0.1, 0.15) is 5.56 Å². The van der Waals surface area contributed by atoms with Crippen molar-refractivity contribution in [3.8, 4) is 0 Å². The van der Waals surface area contributed by atoms with E-state index in [1.807, 2.05) is 0 Å². The van der Waals surface area contributed by atoms with Crippen molar-refractivity contribution in [3.05, 3.63) is 35.6 Å². The van der Waals surface area contributed by atoms with Gasteiger partial charge in [0.1, 0.15) is 10.6 Å². The van der Waals surface area contributed by atoms with Gasteiger partial charge in [-0.05, 0) is 24.7 Å². The van der Waals surface area contributed by atoms with Gasteiger partial charge in [-0.15, -0.1) is 0 Å². The maximum absolute atomic E-state index is 12.9. The largest absolute Gasteiger partial charge is 0.402 e. The number of benzene rings is 1. The minimum atomic E-state index is -4.27. The summed E-state index contributed by atoms with van der Waals surface area (Å²) in [5, 5.41) is 0. The van der Waals surface area contributed by atoms with Crippen molar-refractivity contribution in [2.24, 2.45) is 0 Å². The minimum absolute atomic E-state index is 0.181. The zero-order valence-corrected chi connectivity index (χ0v) is 10.7. The van der Waals surface area contributed by atoms with Crippen molar-refractivity contribution in [3.63, 3.8) is 0 Å². The third-order valence-corrected chi connectivity index (χ3v) is 2.98. The molecule has 96 valence electrons. The lowest BCUT2D eigenvalue weighted by molar-refractivity contribution is -0.130. The molecule has 0 fully saturated rings. The second-order valence-corrected chi connectivity index (χ2v) is 4.94. The Kier molecular flexibility index (Phi) is 4.94. The molecule has 1 atom stereocenters. The van der Waals surface area contributed by atoms with Gasteiger partial charge in [-0.3, -0.25) is 0 Å². The fraction of sp³-hybridized carbons (Fsp3) is 0.455. The average molecular weight is 314 g/mol. The summed E-state index contributed by atoms with van der Waals surface area (Å²) in [5.74, 6) is -0.387. The summed E-state index contributed by atoms with van der Waals surface area (Å²) in [4.78, 5) is -0.0876. The van der Waals surface area contributed by atoms with Gasteiger partial charge in [-0.1, -0.05) is 28.1 Å². The summed E-state index contributed by atoms with van der Waals surface area (Å²) in [6.07, 6.45) is -4.27. The summed E-state index contributed by atoms with van der Waals surface area (Å²) in [6, 6.07) is 5.82. The smallest absolute Gasteiger partial charge is 0.301 e. The molecule has 0 aliphatic heterocycles. The predicted octanol–water partition coefficient (Wildman–Crippen LogP) is 3.58. The van der Waals surface area contributed by atoms with Gasteiger partial charge in [0.15, 0.2) is 0 Å². The number of alkyl halides is 4. The maximum Gasteiger partial charge on any atom is 0.402 e. The lowest BCUT2D eigenvalue weighted by Gasteiger charge is -2.22. The molecule has 1 nitrogen and oxygen atoms in total. The third-order valence-electron chi connectivity index (χ3n) is 2.17. The first-order chi connectivity index (χ1) is 7.79. The molecule has 0 heterocycles. The Morgan fingerprint density at radius 2 is 2.00 bits per heavy atom. The lowest BCUT2D eigenvalue weighted by atomic mass is 10.2. The lowest BCUT2D eigenvalue weighted by Crippen LogP contribution is -2.35. The van der Waals surface area contributed by atoms with Crippen LogP contribution < -0.4 is 0 Å². The molecule has 0 radical (unpaired) electrons. The van der Waals surface area contributed by atoms with Crippen LogP contribution in [0.15, 0.2) is 24.3 Å². The van der Waals surface area contributed by atoms with Crippen LogP contribution in [0, 0.1) is 5.82 Å². The molecule has 17 heavy (non-hydrogen) atoms. The molecule has 0 aliphatic rings. The second-order valence-electron chi connectivity index (χ2n) is 3.84. The van der Waals surface area contributed by atoms with E-state index in [0.717, 1.165) is 0 Å². The number of halogens is 5. The van der Waals surface area contributed by atoms with Crippen molar-refractivity contribution in [2.45, 2.75) is 17.5 Å². The molecule has 1 unspecified atom stereocenters. The van der Waals surface area contributed by atoms with Crippen molar-refractivity contribution < 1.29 is 17.6 Å². The zero-order valence-electron chi connectivity index (χ0n) is 9.14. The van der Waals surface area contributed by atoms with Crippen molar-refractivity contribution in [1.82, 2.24) is 4.90 Å². The fourth-order valence-corrected chi connectivity index (χ4v) is 1.88. The van der Waals surface area contributed by atoms with Gasteiger partial charge in [0, 0.05) is 13.1 Å². The summed E-state index contributed by atoms with van der Waals surface area (Å²) in [7, 11) is 1.56. The highest BCUT2D eigenvalue weighted by Crippen LogP contribution is 2.27. The standard InChI is InChI=1S/C11H12BrF4N/c1-17(7-10(12)11(14,15)16)6-8-3-2-4-9(13)5-8/h2-5,10H,6-7H2,1H3. The highest BCUT2D eigenvalue weighted by atomic mass is 79.9. The first-order valence-electron chi connectivity index (χ1n) is 4.93. The Hall–Kier alpha value is -0.620. The van der Waals surface area contributed by atoms with E-state index in [0.29, 0.717) is 5.56 Å². The molecule has 1 rings (SSSR count). The molecule has 0 aliphatic carbocycles. The van der Waals surface area contributed by atoms with Gasteiger partial charge in [0.05, 0.1) is 0 Å². The molecule has 0 saturated heterocycles. The van der Waals surface area contributed by atoms with Gasteiger partial charge >= 0.3 is 6.18 Å². The van der Waals surface area contributed by atoms with Crippen LogP contribution in [0.25, 0.3) is 0 Å². The quantitative estimate of drug-likeness (QED) is 0.606. The van der Waals surface area contributed by atoms with Crippen LogP contribution in [0.2, 0.25) is 0 Å². The molecular weight excluding hydrogens is 302 g/mol. The number of rotatable bonds is 4. The molecule has 1 aromatic carbocycles. The minimum Gasteiger partial charge on any atom is -0.301 e. The summed E-state index contributed by atoms with van der Waals surface area (Å²) >= 11 is 2.59. The molecule has 6 heteroatoms. The van der Waals surface area contributed by atoms with Crippen LogP contribution in [-0.2, 0) is 6.54 Å². The summed E-state index contributed by atoms with van der Waals surface area (Å²) < 4.78 is 49.7. The second kappa shape index (κ2) is 5.82. The van der Waals surface area contributed by atoms with Gasteiger partial charge in [0.2, 0.25) is 0 Å². The number of hydrogen-bond donors (Lipinski definition) is 0. The van der Waals surface area contributed by atoms with Crippen LogP contribution >= 0.6 is 15.9 Å². The highest BCUT2D eigenvalue weighted by molar-refractivity contribution is 9.09. The Balaban J connectivity index is 2.53. The first-order valence-corrected chi connectivity index (χ1v) is 5.84. The number of nitrogens with zero attached hydrogens (tertiary/aromatic N) is 1. The normalized spacial score (nSPS) is 14.1. The van der Waals surface area contributed by atoms with E-state index >= 15 is 0 Å². The van der Waals surface area contributed by atoms with Gasteiger partial charge in [-0.2, -0.15) is 13.2 Å². The van der Waals surface area contributed by atoms with E-state index in [9.17, 15) is 17.6 Å². The predicted molar refractivity (Wildman–Crippen MR) is 61.5 cm³/mol. The summed E-state index contributed by atoms with van der Waals surface area (Å²) in [5.41, 5.74) is 0.648. The van der Waals surface area contributed by atoms with E-state index in [1.54, 1.807) is 13.1 Å². The number of hydrogen-bond acceptors (Lipinski definition) is 1. The highest BCUT2D eigenvalue weighted by Gasteiger charge is 2.38. The first kappa shape index (κ1) is 14.4. The molecule has 0 saturated carbocycles. The van der Waals surface area contributed by atoms with Crippen LogP contribution in [0.3, 0.4) is 0 Å². The molecule has 0 spiro atoms. The van der Waals surface area contributed by atoms with Gasteiger partial charge in [0.25, 0.3) is 0 Å². The van der Waals surface area contributed by atoms with E-state index in [2.05, 4.69) is 15.9 Å². The van der Waals surface area contributed by atoms with Crippen LogP contribution in [0.4, 0.5) is 17.6 Å². The van der Waals surface area contributed by atoms with Crippen LogP contribution in [-0.4, -0.2) is 29.5 Å². The van der Waals surface area contributed by atoms with E-state index in [1.165, 1.54) is 23.1 Å². The molecule has 0 amide bonds. The van der Waals surface area contributed by atoms with E-state index in [-0.39, 0.29) is 18.9 Å². The topological polar surface area (TPSA) is 3.24 Å². The van der Waals surface area contributed by atoms with E-state index in [4.69, 9.17) is 0 Å². The summed E-state index contributed by atoms with van der Waals surface area (Å²) in [6.45, 7) is 0.0932. The monoisotopic (exact) mass is 313 g/mol. The Morgan fingerprint density at radius 1 is 1.35 bits per heavy atom. The van der Waals surface area contributed by atoms with E-state index < -0.39 is 11.0 Å². The zero-order chi connectivity index (χ0) is 13.1. The van der Waals surface area contributed by atoms with Crippen molar-refractivity contribution in [2.75, 3.05) is 13.6 Å². The SMILES string of the molecule is CN(Cc1cccc(F)c1)CC(Br)C(F)(F)F. The molecular formula is C11H12BrF4N. The average Bonchev–Trinajstić information content (AvgIpc) is 2.15.